The van der Waals surface area contributed by atoms with E-state index in [2.05, 4.69) is 21.1 Å². The molecular weight excluding hydrogens is 356 g/mol. The predicted molar refractivity (Wildman–Crippen MR) is 106 cm³/mol. The maximum Gasteiger partial charge on any atom is 0.270 e. The van der Waals surface area contributed by atoms with E-state index in [-0.39, 0.29) is 12.5 Å². The standard InChI is InChI=1S/C21H24N4O3/c1-15-3-2-4-16(11-15)18-14-23-28-20(18)17-12-19(22-13-17)21(27)25-7-5-24(6-8-25)9-10-26/h2-4,11-14,22,26H,5-10H2,1H3. The molecular formula is C21H24N4O3. The first-order valence-corrected chi connectivity index (χ1v) is 9.48. The van der Waals surface area contributed by atoms with Crippen LogP contribution < -0.4 is 0 Å². The van der Waals surface area contributed by atoms with Crippen LogP contribution in [0.4, 0.5) is 0 Å². The molecule has 2 aromatic heterocycles. The molecule has 1 amide bonds. The monoisotopic (exact) mass is 380 g/mol. The van der Waals surface area contributed by atoms with Crippen LogP contribution in [0.1, 0.15) is 16.1 Å². The molecule has 0 saturated carbocycles. The zero-order valence-corrected chi connectivity index (χ0v) is 15.9. The van der Waals surface area contributed by atoms with Gasteiger partial charge in [-0.15, -0.1) is 0 Å². The van der Waals surface area contributed by atoms with Crippen LogP contribution in [0.3, 0.4) is 0 Å². The average Bonchev–Trinajstić information content (AvgIpc) is 3.38. The fraction of sp³-hybridized carbons (Fsp3) is 0.333. The average molecular weight is 380 g/mol. The topological polar surface area (TPSA) is 85.6 Å². The molecule has 2 N–H and O–H groups in total. The van der Waals surface area contributed by atoms with Crippen LogP contribution in [0.5, 0.6) is 0 Å². The lowest BCUT2D eigenvalue weighted by Gasteiger charge is -2.34. The van der Waals surface area contributed by atoms with Crippen LogP contribution in [0, 0.1) is 6.92 Å². The van der Waals surface area contributed by atoms with Gasteiger partial charge in [0.25, 0.3) is 5.91 Å². The van der Waals surface area contributed by atoms with Crippen molar-refractivity contribution in [3.05, 3.63) is 54.0 Å². The lowest BCUT2D eigenvalue weighted by Crippen LogP contribution is -2.49. The molecule has 146 valence electrons. The highest BCUT2D eigenvalue weighted by Crippen LogP contribution is 2.32. The van der Waals surface area contributed by atoms with Gasteiger partial charge in [0.2, 0.25) is 0 Å². The van der Waals surface area contributed by atoms with Gasteiger partial charge in [0.15, 0.2) is 5.76 Å². The zero-order valence-electron chi connectivity index (χ0n) is 15.9. The highest BCUT2D eigenvalue weighted by Gasteiger charge is 2.24. The van der Waals surface area contributed by atoms with Crippen molar-refractivity contribution in [2.75, 3.05) is 39.3 Å². The minimum atomic E-state index is -0.0217. The summed E-state index contributed by atoms with van der Waals surface area (Å²) in [6.07, 6.45) is 3.49. The summed E-state index contributed by atoms with van der Waals surface area (Å²) in [7, 11) is 0. The van der Waals surface area contributed by atoms with Gasteiger partial charge in [-0.25, -0.2) is 0 Å². The first-order valence-electron chi connectivity index (χ1n) is 9.48. The highest BCUT2D eigenvalue weighted by molar-refractivity contribution is 5.94. The Morgan fingerprint density at radius 2 is 2.04 bits per heavy atom. The zero-order chi connectivity index (χ0) is 19.5. The molecule has 1 aromatic carbocycles. The number of β-amino-alcohol motifs (C(OH)–C–C–N with tert-alkyl or cyclic N) is 1. The Labute approximate surface area is 163 Å². The molecule has 3 aromatic rings. The van der Waals surface area contributed by atoms with Gasteiger partial charge < -0.3 is 19.5 Å². The van der Waals surface area contributed by atoms with Crippen LogP contribution in [-0.2, 0) is 0 Å². The fourth-order valence-corrected chi connectivity index (χ4v) is 3.60. The maximum absolute atomic E-state index is 12.8. The summed E-state index contributed by atoms with van der Waals surface area (Å²) in [6.45, 7) is 5.72. The first kappa shape index (κ1) is 18.5. The Hall–Kier alpha value is -2.90. The fourth-order valence-electron chi connectivity index (χ4n) is 3.60. The lowest BCUT2D eigenvalue weighted by atomic mass is 10.0. The molecule has 3 heterocycles. The van der Waals surface area contributed by atoms with Crippen molar-refractivity contribution in [3.8, 4) is 22.5 Å². The summed E-state index contributed by atoms with van der Waals surface area (Å²) in [5, 5.41) is 13.0. The number of nitrogens with zero attached hydrogens (tertiary/aromatic N) is 3. The van der Waals surface area contributed by atoms with Crippen molar-refractivity contribution >= 4 is 5.91 Å². The molecule has 0 atom stereocenters. The van der Waals surface area contributed by atoms with Gasteiger partial charge in [-0.3, -0.25) is 9.69 Å². The van der Waals surface area contributed by atoms with Crippen LogP contribution in [0.2, 0.25) is 0 Å². The summed E-state index contributed by atoms with van der Waals surface area (Å²) in [5.74, 6) is 0.625. The van der Waals surface area contributed by atoms with Gasteiger partial charge in [-0.2, -0.15) is 0 Å². The number of carbonyl (C=O) groups is 1. The largest absolute Gasteiger partial charge is 0.395 e. The van der Waals surface area contributed by atoms with E-state index < -0.39 is 0 Å². The van der Waals surface area contributed by atoms with E-state index in [0.717, 1.165) is 35.3 Å². The van der Waals surface area contributed by atoms with Crippen LogP contribution in [0.25, 0.3) is 22.5 Å². The van der Waals surface area contributed by atoms with E-state index in [1.54, 1.807) is 12.4 Å². The van der Waals surface area contributed by atoms with E-state index in [1.165, 1.54) is 0 Å². The molecule has 0 aliphatic carbocycles. The Bertz CT molecular complexity index is 954. The maximum atomic E-state index is 12.8. The Morgan fingerprint density at radius 3 is 2.79 bits per heavy atom. The van der Waals surface area contributed by atoms with Crippen molar-refractivity contribution < 1.29 is 14.4 Å². The predicted octanol–water partition coefficient (Wildman–Crippen LogP) is 2.40. The molecule has 1 aliphatic heterocycles. The minimum Gasteiger partial charge on any atom is -0.395 e. The first-order chi connectivity index (χ1) is 13.7. The molecule has 4 rings (SSSR count). The molecule has 7 heteroatoms. The van der Waals surface area contributed by atoms with Crippen LogP contribution >= 0.6 is 0 Å². The van der Waals surface area contributed by atoms with Gasteiger partial charge >= 0.3 is 0 Å². The molecule has 1 saturated heterocycles. The molecule has 1 fully saturated rings. The highest BCUT2D eigenvalue weighted by atomic mass is 16.5. The number of benzene rings is 1. The number of piperazine rings is 1. The number of hydrogen-bond donors (Lipinski definition) is 2. The van der Waals surface area contributed by atoms with Gasteiger partial charge in [-0.1, -0.05) is 35.0 Å². The van der Waals surface area contributed by atoms with E-state index >= 15 is 0 Å². The summed E-state index contributed by atoms with van der Waals surface area (Å²) in [6, 6.07) is 9.98. The van der Waals surface area contributed by atoms with E-state index in [0.29, 0.717) is 31.1 Å². The molecule has 28 heavy (non-hydrogen) atoms. The second kappa shape index (κ2) is 8.00. The normalized spacial score (nSPS) is 15.1. The Balaban J connectivity index is 1.51. The number of amides is 1. The lowest BCUT2D eigenvalue weighted by molar-refractivity contribution is 0.0610. The van der Waals surface area contributed by atoms with Crippen molar-refractivity contribution in [2.45, 2.75) is 6.92 Å². The summed E-state index contributed by atoms with van der Waals surface area (Å²) in [4.78, 5) is 19.9. The molecule has 0 unspecified atom stereocenters. The van der Waals surface area contributed by atoms with E-state index in [9.17, 15) is 4.79 Å². The SMILES string of the molecule is Cc1cccc(-c2cnoc2-c2c[nH]c(C(=O)N3CCN(CCO)CC3)c2)c1. The molecule has 0 bridgehead atoms. The second-order valence-corrected chi connectivity index (χ2v) is 7.10. The summed E-state index contributed by atoms with van der Waals surface area (Å²) < 4.78 is 5.50. The van der Waals surface area contributed by atoms with Gasteiger partial charge in [0.1, 0.15) is 5.69 Å². The quantitative estimate of drug-likeness (QED) is 0.710. The summed E-state index contributed by atoms with van der Waals surface area (Å²) >= 11 is 0. The number of H-pyrrole nitrogens is 1. The molecule has 1 aliphatic rings. The van der Waals surface area contributed by atoms with Gasteiger partial charge in [0.05, 0.1) is 12.8 Å². The van der Waals surface area contributed by atoms with Crippen LogP contribution in [0.15, 0.2) is 47.2 Å². The third kappa shape index (κ3) is 3.72. The minimum absolute atomic E-state index is 0.0217. The summed E-state index contributed by atoms with van der Waals surface area (Å²) in [5.41, 5.74) is 4.44. The Kier molecular flexibility index (Phi) is 5.27. The number of nitrogens with one attached hydrogen (secondary N) is 1. The number of aromatic amines is 1. The number of aryl methyl sites for hydroxylation is 1. The number of carbonyl (C=O) groups excluding carboxylic acids is 1. The molecule has 0 radical (unpaired) electrons. The Morgan fingerprint density at radius 1 is 1.21 bits per heavy atom. The molecule has 7 nitrogen and oxygen atoms in total. The van der Waals surface area contributed by atoms with Crippen molar-refractivity contribution in [2.24, 2.45) is 0 Å². The molecule has 0 spiro atoms. The van der Waals surface area contributed by atoms with Gasteiger partial charge in [-0.05, 0) is 18.6 Å². The van der Waals surface area contributed by atoms with Gasteiger partial charge in [0, 0.05) is 50.0 Å². The smallest absolute Gasteiger partial charge is 0.270 e. The number of aliphatic hydroxyl groups is 1. The van der Waals surface area contributed by atoms with Crippen molar-refractivity contribution in [1.82, 2.24) is 19.9 Å². The number of aliphatic hydroxyl groups excluding tert-OH is 1. The number of rotatable bonds is 5. The van der Waals surface area contributed by atoms with Crippen molar-refractivity contribution in [1.29, 1.82) is 0 Å². The van der Waals surface area contributed by atoms with E-state index in [1.807, 2.05) is 36.1 Å². The van der Waals surface area contributed by atoms with Crippen LogP contribution in [-0.4, -0.2) is 70.3 Å². The van der Waals surface area contributed by atoms with E-state index in [4.69, 9.17) is 9.63 Å². The number of aromatic nitrogens is 2. The number of hydrogen-bond acceptors (Lipinski definition) is 5. The third-order valence-electron chi connectivity index (χ3n) is 5.15. The second-order valence-electron chi connectivity index (χ2n) is 7.10. The third-order valence-corrected chi connectivity index (χ3v) is 5.15. The van der Waals surface area contributed by atoms with Crippen molar-refractivity contribution in [3.63, 3.8) is 0 Å².